The van der Waals surface area contributed by atoms with E-state index in [0.717, 1.165) is 36.2 Å². The molecule has 30 heavy (non-hydrogen) atoms. The van der Waals surface area contributed by atoms with Crippen molar-refractivity contribution in [3.05, 3.63) is 101 Å². The third-order valence-corrected chi connectivity index (χ3v) is 5.39. The molecule has 154 valence electrons. The molecule has 0 fully saturated rings. The third-order valence-electron chi connectivity index (χ3n) is 5.39. The lowest BCUT2D eigenvalue weighted by molar-refractivity contribution is 0.627. The number of hydrogen-bond donors (Lipinski definition) is 0. The first kappa shape index (κ1) is 21.6. The summed E-state index contributed by atoms with van der Waals surface area (Å²) in [7, 11) is 0. The normalized spacial score (nSPS) is 13.1. The first-order valence-electron chi connectivity index (χ1n) is 10.5. The summed E-state index contributed by atoms with van der Waals surface area (Å²) in [5, 5.41) is 0. The molecule has 2 aromatic carbocycles. The van der Waals surface area contributed by atoms with Gasteiger partial charge in [0.05, 0.1) is 23.8 Å². The summed E-state index contributed by atoms with van der Waals surface area (Å²) in [6, 6.07) is 15.2. The average molecular weight is 401 g/mol. The van der Waals surface area contributed by atoms with Gasteiger partial charge in [0.1, 0.15) is 5.82 Å². The number of rotatable bonds is 4. The van der Waals surface area contributed by atoms with E-state index in [1.165, 1.54) is 46.4 Å². The third kappa shape index (κ3) is 5.29. The molecule has 0 amide bonds. The fraction of sp³-hybridized carbons (Fsp3) is 0.259. The molecule has 1 heterocycles. The molecular weight excluding hydrogens is 371 g/mol. The van der Waals surface area contributed by atoms with Crippen LogP contribution in [0.2, 0.25) is 0 Å². The van der Waals surface area contributed by atoms with Crippen LogP contribution in [-0.4, -0.2) is 9.97 Å². The lowest BCUT2D eigenvalue weighted by Crippen LogP contribution is -1.96. The molecule has 1 aromatic heterocycles. The van der Waals surface area contributed by atoms with E-state index < -0.39 is 0 Å². The van der Waals surface area contributed by atoms with Crippen molar-refractivity contribution in [3.63, 3.8) is 0 Å². The maximum atomic E-state index is 12.2. The first-order valence-corrected chi connectivity index (χ1v) is 10.5. The molecule has 2 nitrogen and oxygen atoms in total. The lowest BCUT2D eigenvalue weighted by Gasteiger charge is -2.11. The van der Waals surface area contributed by atoms with Gasteiger partial charge in [0.15, 0.2) is 0 Å². The van der Waals surface area contributed by atoms with Crippen LogP contribution in [0.5, 0.6) is 0 Å². The molecule has 0 radical (unpaired) electrons. The van der Waals surface area contributed by atoms with Crippen LogP contribution in [-0.2, 0) is 6.42 Å². The molecule has 0 saturated heterocycles. The van der Waals surface area contributed by atoms with Gasteiger partial charge in [-0.15, -0.1) is 0 Å². The Morgan fingerprint density at radius 2 is 1.70 bits per heavy atom. The molecule has 0 aliphatic heterocycles. The smallest absolute Gasteiger partial charge is 0.123 e. The average Bonchev–Trinajstić information content (AvgIpc) is 3.25. The molecule has 0 spiro atoms. The monoisotopic (exact) mass is 400 g/mol. The Balaban J connectivity index is 0.000000239. The predicted octanol–water partition coefficient (Wildman–Crippen LogP) is 7.30. The van der Waals surface area contributed by atoms with Crippen LogP contribution in [0.1, 0.15) is 61.2 Å². The van der Waals surface area contributed by atoms with Crippen LogP contribution in [0.25, 0.3) is 16.7 Å². The van der Waals surface area contributed by atoms with Crippen molar-refractivity contribution < 1.29 is 4.39 Å². The van der Waals surface area contributed by atoms with Crippen LogP contribution in [0.4, 0.5) is 4.39 Å². The van der Waals surface area contributed by atoms with Gasteiger partial charge in [-0.2, -0.15) is 0 Å². The van der Waals surface area contributed by atoms with Crippen molar-refractivity contribution in [2.24, 2.45) is 0 Å². The lowest BCUT2D eigenvalue weighted by atomic mass is 9.96. The van der Waals surface area contributed by atoms with Crippen molar-refractivity contribution in [1.82, 2.24) is 9.97 Å². The van der Waals surface area contributed by atoms with Crippen LogP contribution in [0, 0.1) is 12.7 Å². The van der Waals surface area contributed by atoms with Crippen molar-refractivity contribution in [2.75, 3.05) is 0 Å². The predicted molar refractivity (Wildman–Crippen MR) is 124 cm³/mol. The highest BCUT2D eigenvalue weighted by molar-refractivity contribution is 5.92. The first-order chi connectivity index (χ1) is 14.5. The number of benzene rings is 2. The minimum Gasteiger partial charge on any atom is -0.260 e. The summed E-state index contributed by atoms with van der Waals surface area (Å²) in [5.41, 5.74) is 9.49. The number of hydrogen-bond acceptors (Lipinski definition) is 2. The summed E-state index contributed by atoms with van der Waals surface area (Å²) in [6.45, 7) is 10.2. The summed E-state index contributed by atoms with van der Waals surface area (Å²) >= 11 is 0. The Hall–Kier alpha value is -3.07. The topological polar surface area (TPSA) is 25.8 Å². The zero-order chi connectivity index (χ0) is 21.5. The Morgan fingerprint density at radius 3 is 2.37 bits per heavy atom. The summed E-state index contributed by atoms with van der Waals surface area (Å²) in [6.07, 6.45) is 8.04. The van der Waals surface area contributed by atoms with Crippen LogP contribution >= 0.6 is 0 Å². The van der Waals surface area contributed by atoms with E-state index in [4.69, 9.17) is 4.98 Å². The molecule has 3 aromatic rings. The zero-order valence-corrected chi connectivity index (χ0v) is 18.1. The van der Waals surface area contributed by atoms with E-state index in [2.05, 4.69) is 42.8 Å². The van der Waals surface area contributed by atoms with E-state index in [1.807, 2.05) is 20.0 Å². The summed E-state index contributed by atoms with van der Waals surface area (Å²) in [4.78, 5) is 9.08. The second-order valence-corrected chi connectivity index (χ2v) is 7.68. The molecule has 4 rings (SSSR count). The van der Waals surface area contributed by atoms with E-state index in [-0.39, 0.29) is 5.82 Å². The molecule has 3 heteroatoms. The largest absolute Gasteiger partial charge is 0.260 e. The molecule has 0 saturated carbocycles. The van der Waals surface area contributed by atoms with Gasteiger partial charge < -0.3 is 0 Å². The summed E-state index contributed by atoms with van der Waals surface area (Å²) < 4.78 is 12.2. The second kappa shape index (κ2) is 10.1. The minimum atomic E-state index is -0.160. The Kier molecular flexibility index (Phi) is 7.29. The van der Waals surface area contributed by atoms with Crippen LogP contribution in [0.15, 0.2) is 67.5 Å². The van der Waals surface area contributed by atoms with Gasteiger partial charge in [0.25, 0.3) is 0 Å². The van der Waals surface area contributed by atoms with Crippen molar-refractivity contribution in [2.45, 2.75) is 46.5 Å². The SMILES string of the molecule is C=C(C)c1cncc(C2=C(c3ccccc3C)CCC2)n1.CCc1ccc(F)cc1. The maximum absolute atomic E-state index is 12.2. The van der Waals surface area contributed by atoms with E-state index >= 15 is 0 Å². The molecular formula is C27H29FN2. The second-order valence-electron chi connectivity index (χ2n) is 7.68. The minimum absolute atomic E-state index is 0.160. The van der Waals surface area contributed by atoms with Gasteiger partial charge in [-0.05, 0) is 85.1 Å². The van der Waals surface area contributed by atoms with Crippen LogP contribution in [0.3, 0.4) is 0 Å². The van der Waals surface area contributed by atoms with E-state index in [9.17, 15) is 4.39 Å². The van der Waals surface area contributed by atoms with Crippen LogP contribution < -0.4 is 0 Å². The zero-order valence-electron chi connectivity index (χ0n) is 18.1. The Bertz CT molecular complexity index is 1050. The molecule has 1 aliphatic carbocycles. The quantitative estimate of drug-likeness (QED) is 0.459. The van der Waals surface area contributed by atoms with Crippen molar-refractivity contribution in [1.29, 1.82) is 0 Å². The molecule has 0 atom stereocenters. The van der Waals surface area contributed by atoms with Crippen molar-refractivity contribution >= 4 is 16.7 Å². The Morgan fingerprint density at radius 1 is 1.00 bits per heavy atom. The number of aryl methyl sites for hydroxylation is 2. The molecule has 1 aliphatic rings. The fourth-order valence-electron chi connectivity index (χ4n) is 3.67. The van der Waals surface area contributed by atoms with Crippen molar-refractivity contribution in [3.8, 4) is 0 Å². The fourth-order valence-corrected chi connectivity index (χ4v) is 3.67. The molecule has 0 unspecified atom stereocenters. The van der Waals surface area contributed by atoms with E-state index in [0.29, 0.717) is 0 Å². The van der Waals surface area contributed by atoms with Gasteiger partial charge in [0.2, 0.25) is 0 Å². The van der Waals surface area contributed by atoms with Gasteiger partial charge in [-0.25, -0.2) is 9.37 Å². The number of halogens is 1. The Labute approximate surface area is 179 Å². The molecule has 0 N–H and O–H groups in total. The number of aromatic nitrogens is 2. The highest BCUT2D eigenvalue weighted by Gasteiger charge is 2.20. The number of allylic oxidation sites excluding steroid dienone is 3. The standard InChI is InChI=1S/C19H20N2.C8H9F/c1-13(2)18-11-20-12-19(21-18)17-10-6-9-16(17)15-8-5-4-7-14(15)3;1-2-7-3-5-8(9)6-4-7/h4-5,7-8,11-12H,1,6,9-10H2,2-3H3;3-6H,2H2,1H3. The van der Waals surface area contributed by atoms with Gasteiger partial charge in [-0.1, -0.05) is 49.9 Å². The van der Waals surface area contributed by atoms with Gasteiger partial charge in [-0.3, -0.25) is 4.98 Å². The van der Waals surface area contributed by atoms with E-state index in [1.54, 1.807) is 18.3 Å². The maximum Gasteiger partial charge on any atom is 0.123 e. The number of nitrogens with zero attached hydrogens (tertiary/aromatic N) is 2. The highest BCUT2D eigenvalue weighted by atomic mass is 19.1. The molecule has 0 bridgehead atoms. The highest BCUT2D eigenvalue weighted by Crippen LogP contribution is 2.40. The van der Waals surface area contributed by atoms with Gasteiger partial charge in [0, 0.05) is 0 Å². The summed E-state index contributed by atoms with van der Waals surface area (Å²) in [5.74, 6) is -0.160. The van der Waals surface area contributed by atoms with Gasteiger partial charge >= 0.3 is 0 Å².